The first-order valence-corrected chi connectivity index (χ1v) is 12.4. The summed E-state index contributed by atoms with van der Waals surface area (Å²) in [7, 11) is -13.6. The Kier molecular flexibility index (Phi) is 8.65. The van der Waals surface area contributed by atoms with Gasteiger partial charge >= 0.3 is 17.0 Å². The van der Waals surface area contributed by atoms with Gasteiger partial charge < -0.3 is 4.74 Å². The zero-order chi connectivity index (χ0) is 23.5. The molecule has 0 heterocycles. The Labute approximate surface area is 171 Å². The van der Waals surface area contributed by atoms with Crippen LogP contribution in [0.1, 0.15) is 58.8 Å². The van der Waals surface area contributed by atoms with Gasteiger partial charge in [0.2, 0.25) is 0 Å². The number of carbonyl (C=O) groups excluding carboxylic acids is 1. The highest BCUT2D eigenvalue weighted by Gasteiger charge is 2.66. The highest BCUT2D eigenvalue weighted by molar-refractivity contribution is 8.09. The van der Waals surface area contributed by atoms with Crippen LogP contribution >= 0.6 is 0 Å². The van der Waals surface area contributed by atoms with Crippen LogP contribution < -0.4 is 0 Å². The largest absolute Gasteiger partial charge is 0.498 e. The number of hydrogen-bond acceptors (Lipinski definition) is 6. The molecule has 1 aliphatic carbocycles. The molecule has 0 aromatic heterocycles. The van der Waals surface area contributed by atoms with E-state index in [0.717, 1.165) is 0 Å². The minimum absolute atomic E-state index is 0.0146. The zero-order valence-corrected chi connectivity index (χ0v) is 17.9. The van der Waals surface area contributed by atoms with Gasteiger partial charge in [0.15, 0.2) is 4.58 Å². The summed E-state index contributed by atoms with van der Waals surface area (Å²) in [6.07, 6.45) is -1.22. The van der Waals surface area contributed by atoms with Crippen LogP contribution in [0.25, 0.3) is 0 Å². The van der Waals surface area contributed by atoms with Gasteiger partial charge in [0.25, 0.3) is 19.7 Å². The Morgan fingerprint density at radius 1 is 0.900 bits per heavy atom. The SMILES string of the molecule is CCC(C)C(=O)OC1CCCCCCC1C(S(=O)(=O)C(F)(F)F)S(=O)(=O)C(F)(F)F. The predicted molar refractivity (Wildman–Crippen MR) is 94.3 cm³/mol. The second kappa shape index (κ2) is 9.61. The Morgan fingerprint density at radius 3 is 1.73 bits per heavy atom. The number of hydrogen-bond donors (Lipinski definition) is 0. The molecule has 0 aliphatic heterocycles. The molecule has 178 valence electrons. The molecule has 0 bridgehead atoms. The van der Waals surface area contributed by atoms with Crippen molar-refractivity contribution in [1.82, 2.24) is 0 Å². The summed E-state index contributed by atoms with van der Waals surface area (Å²) in [4.78, 5) is 12.1. The smallest absolute Gasteiger partial charge is 0.462 e. The van der Waals surface area contributed by atoms with Crippen molar-refractivity contribution in [3.05, 3.63) is 0 Å². The maximum Gasteiger partial charge on any atom is 0.498 e. The molecule has 6 nitrogen and oxygen atoms in total. The van der Waals surface area contributed by atoms with Crippen LogP contribution in [0.2, 0.25) is 0 Å². The molecule has 0 radical (unpaired) electrons. The second-order valence-corrected chi connectivity index (χ2v) is 11.7. The normalized spacial score (nSPS) is 23.5. The predicted octanol–water partition coefficient (Wildman–Crippen LogP) is 4.11. The summed E-state index contributed by atoms with van der Waals surface area (Å²) in [6.45, 7) is 3.00. The summed E-state index contributed by atoms with van der Waals surface area (Å²) in [6, 6.07) is 0. The van der Waals surface area contributed by atoms with E-state index in [9.17, 15) is 48.0 Å². The first-order valence-electron chi connectivity index (χ1n) is 9.29. The quantitative estimate of drug-likeness (QED) is 0.411. The molecule has 3 atom stereocenters. The van der Waals surface area contributed by atoms with Crippen molar-refractivity contribution < 1.29 is 52.7 Å². The highest BCUT2D eigenvalue weighted by atomic mass is 32.3. The molecule has 1 aliphatic rings. The van der Waals surface area contributed by atoms with E-state index in [2.05, 4.69) is 0 Å². The van der Waals surface area contributed by atoms with Crippen molar-refractivity contribution >= 4 is 25.6 Å². The van der Waals surface area contributed by atoms with E-state index >= 15 is 0 Å². The fraction of sp³-hybridized carbons (Fsp3) is 0.938. The van der Waals surface area contributed by atoms with Crippen LogP contribution in [0.4, 0.5) is 26.3 Å². The Bertz CT molecular complexity index is 759. The van der Waals surface area contributed by atoms with Crippen LogP contribution in [-0.4, -0.2) is 44.5 Å². The molecule has 0 aromatic rings. The number of esters is 1. The Hall–Kier alpha value is -1.05. The summed E-state index contributed by atoms with van der Waals surface area (Å²) >= 11 is 0. The number of halogens is 6. The lowest BCUT2D eigenvalue weighted by molar-refractivity contribution is -0.157. The molecular formula is C16H24F6O6S2. The average molecular weight is 490 g/mol. The standard InChI is InChI=1S/C16H24F6O6S2/c1-3-10(2)13(23)28-12-9-7-5-4-6-8-11(12)14(29(24,25)15(17,18)19)30(26,27)16(20,21)22/h10-12,14H,3-9H2,1-2H3. The van der Waals surface area contributed by atoms with Crippen LogP contribution in [0.5, 0.6) is 0 Å². The molecule has 1 rings (SSSR count). The lowest BCUT2D eigenvalue weighted by Crippen LogP contribution is -2.52. The average Bonchev–Trinajstić information content (AvgIpc) is 2.56. The number of sulfone groups is 2. The summed E-state index contributed by atoms with van der Waals surface area (Å²) < 4.78 is 128. The van der Waals surface area contributed by atoms with Gasteiger partial charge in [0.1, 0.15) is 6.10 Å². The van der Waals surface area contributed by atoms with E-state index in [1.165, 1.54) is 6.92 Å². The van der Waals surface area contributed by atoms with Crippen molar-refractivity contribution in [1.29, 1.82) is 0 Å². The molecule has 1 fully saturated rings. The van der Waals surface area contributed by atoms with Gasteiger partial charge in [-0.3, -0.25) is 4.79 Å². The molecule has 30 heavy (non-hydrogen) atoms. The third-order valence-electron chi connectivity index (χ3n) is 5.14. The highest BCUT2D eigenvalue weighted by Crippen LogP contribution is 2.43. The van der Waals surface area contributed by atoms with Gasteiger partial charge in [-0.25, -0.2) is 16.8 Å². The number of ether oxygens (including phenoxy) is 1. The van der Waals surface area contributed by atoms with Gasteiger partial charge in [-0.2, -0.15) is 26.3 Å². The van der Waals surface area contributed by atoms with Crippen molar-refractivity contribution in [3.8, 4) is 0 Å². The third-order valence-corrected chi connectivity index (χ3v) is 9.88. The number of carbonyl (C=O) groups is 1. The zero-order valence-electron chi connectivity index (χ0n) is 16.3. The van der Waals surface area contributed by atoms with Crippen LogP contribution in [0.15, 0.2) is 0 Å². The molecule has 0 spiro atoms. The lowest BCUT2D eigenvalue weighted by Gasteiger charge is -2.35. The summed E-state index contributed by atoms with van der Waals surface area (Å²) in [5.41, 5.74) is -12.5. The van der Waals surface area contributed by atoms with Gasteiger partial charge in [0.05, 0.1) is 5.92 Å². The Morgan fingerprint density at radius 2 is 1.33 bits per heavy atom. The molecular weight excluding hydrogens is 466 g/mol. The van der Waals surface area contributed by atoms with E-state index in [-0.39, 0.29) is 25.7 Å². The summed E-state index contributed by atoms with van der Waals surface area (Å²) in [5, 5.41) is 0. The monoisotopic (exact) mass is 490 g/mol. The second-order valence-electron chi connectivity index (χ2n) is 7.29. The van der Waals surface area contributed by atoms with E-state index in [4.69, 9.17) is 4.74 Å². The molecule has 0 amide bonds. The molecule has 1 saturated carbocycles. The number of rotatable bonds is 6. The van der Waals surface area contributed by atoms with Gasteiger partial charge in [-0.1, -0.05) is 33.1 Å². The molecule has 0 saturated heterocycles. The van der Waals surface area contributed by atoms with E-state index in [0.29, 0.717) is 12.8 Å². The van der Waals surface area contributed by atoms with Crippen LogP contribution in [-0.2, 0) is 29.2 Å². The first kappa shape index (κ1) is 27.0. The molecule has 0 aromatic carbocycles. The fourth-order valence-electron chi connectivity index (χ4n) is 3.26. The number of alkyl halides is 6. The topological polar surface area (TPSA) is 94.6 Å². The van der Waals surface area contributed by atoms with E-state index < -0.39 is 65.6 Å². The van der Waals surface area contributed by atoms with Gasteiger partial charge in [0, 0.05) is 5.92 Å². The van der Waals surface area contributed by atoms with Crippen molar-refractivity contribution in [2.24, 2.45) is 11.8 Å². The van der Waals surface area contributed by atoms with Crippen LogP contribution in [0, 0.1) is 11.8 Å². The minimum Gasteiger partial charge on any atom is -0.462 e. The van der Waals surface area contributed by atoms with E-state index in [1.807, 2.05) is 0 Å². The first-order chi connectivity index (χ1) is 13.5. The maximum atomic E-state index is 13.2. The third kappa shape index (κ3) is 5.80. The van der Waals surface area contributed by atoms with Crippen LogP contribution in [0.3, 0.4) is 0 Å². The minimum atomic E-state index is -6.80. The summed E-state index contributed by atoms with van der Waals surface area (Å²) in [5.74, 6) is -3.91. The maximum absolute atomic E-state index is 13.2. The molecule has 0 N–H and O–H groups in total. The van der Waals surface area contributed by atoms with E-state index in [1.54, 1.807) is 6.92 Å². The van der Waals surface area contributed by atoms with Gasteiger partial charge in [-0.15, -0.1) is 0 Å². The van der Waals surface area contributed by atoms with Crippen molar-refractivity contribution in [2.45, 2.75) is 80.5 Å². The molecule has 14 heteroatoms. The van der Waals surface area contributed by atoms with Crippen molar-refractivity contribution in [3.63, 3.8) is 0 Å². The van der Waals surface area contributed by atoms with Crippen molar-refractivity contribution in [2.75, 3.05) is 0 Å². The fourth-order valence-corrected chi connectivity index (χ4v) is 7.32. The van der Waals surface area contributed by atoms with Gasteiger partial charge in [-0.05, 0) is 25.7 Å². The molecule has 3 unspecified atom stereocenters. The Balaban J connectivity index is 3.63. The lowest BCUT2D eigenvalue weighted by atomic mass is 9.89.